The van der Waals surface area contributed by atoms with Gasteiger partial charge in [0.25, 0.3) is 5.91 Å². The van der Waals surface area contributed by atoms with Crippen LogP contribution in [-0.2, 0) is 9.53 Å². The summed E-state index contributed by atoms with van der Waals surface area (Å²) in [6.07, 6.45) is 0.318. The fourth-order valence-electron chi connectivity index (χ4n) is 1.93. The molecule has 1 atom stereocenters. The number of amides is 1. The number of nitrogens with one attached hydrogen (secondary N) is 1. The molecule has 1 amide bonds. The lowest BCUT2D eigenvalue weighted by molar-refractivity contribution is -0.127. The van der Waals surface area contributed by atoms with Crippen LogP contribution < -0.4 is 10.1 Å². The van der Waals surface area contributed by atoms with E-state index in [-0.39, 0.29) is 5.91 Å². The van der Waals surface area contributed by atoms with Crippen molar-refractivity contribution in [1.29, 1.82) is 0 Å². The molecule has 0 aliphatic rings. The molecule has 0 bridgehead atoms. The zero-order valence-corrected chi connectivity index (χ0v) is 12.9. The van der Waals surface area contributed by atoms with E-state index in [0.717, 1.165) is 23.3 Å². The SMILES string of the molecule is CCOCCCNC(=O)[C@@H](C)Oc1cc(C)cc(C)c1. The first-order chi connectivity index (χ1) is 9.52. The first kappa shape index (κ1) is 16.5. The number of aryl methyl sites for hydroxylation is 2. The van der Waals surface area contributed by atoms with Crippen molar-refractivity contribution in [1.82, 2.24) is 5.32 Å². The Labute approximate surface area is 121 Å². The van der Waals surface area contributed by atoms with E-state index in [1.807, 2.05) is 32.9 Å². The van der Waals surface area contributed by atoms with Gasteiger partial charge in [0, 0.05) is 19.8 Å². The molecule has 0 heterocycles. The van der Waals surface area contributed by atoms with Gasteiger partial charge in [-0.25, -0.2) is 0 Å². The van der Waals surface area contributed by atoms with Crippen LogP contribution >= 0.6 is 0 Å². The zero-order valence-electron chi connectivity index (χ0n) is 12.9. The lowest BCUT2D eigenvalue weighted by atomic mass is 10.1. The molecule has 0 radical (unpaired) electrons. The summed E-state index contributed by atoms with van der Waals surface area (Å²) in [5.74, 6) is 0.639. The maximum absolute atomic E-state index is 11.9. The Morgan fingerprint density at radius 1 is 1.25 bits per heavy atom. The molecule has 0 aliphatic carbocycles. The van der Waals surface area contributed by atoms with Gasteiger partial charge in [0.2, 0.25) is 0 Å². The number of hydrogen-bond donors (Lipinski definition) is 1. The summed E-state index contributed by atoms with van der Waals surface area (Å²) in [5.41, 5.74) is 2.26. The lowest BCUT2D eigenvalue weighted by Gasteiger charge is -2.15. The molecule has 1 aromatic carbocycles. The third kappa shape index (κ3) is 6.06. The Bertz CT molecular complexity index is 411. The highest BCUT2D eigenvalue weighted by Gasteiger charge is 2.14. The number of rotatable bonds is 8. The van der Waals surface area contributed by atoms with Crippen LogP contribution in [0.3, 0.4) is 0 Å². The minimum Gasteiger partial charge on any atom is -0.481 e. The molecule has 20 heavy (non-hydrogen) atoms. The molecule has 0 saturated carbocycles. The fourth-order valence-corrected chi connectivity index (χ4v) is 1.93. The molecule has 1 aromatic rings. The molecular weight excluding hydrogens is 254 g/mol. The smallest absolute Gasteiger partial charge is 0.260 e. The van der Waals surface area contributed by atoms with Gasteiger partial charge in [-0.3, -0.25) is 4.79 Å². The summed E-state index contributed by atoms with van der Waals surface area (Å²) in [5, 5.41) is 2.85. The standard InChI is InChI=1S/C16H25NO3/c1-5-19-8-6-7-17-16(18)14(4)20-15-10-12(2)9-13(3)11-15/h9-11,14H,5-8H2,1-4H3,(H,17,18)/t14-/m1/s1. The van der Waals surface area contributed by atoms with Gasteiger partial charge < -0.3 is 14.8 Å². The number of carbonyl (C=O) groups is 1. The second kappa shape index (κ2) is 8.59. The van der Waals surface area contributed by atoms with Crippen molar-refractivity contribution in [3.05, 3.63) is 29.3 Å². The largest absolute Gasteiger partial charge is 0.481 e. The van der Waals surface area contributed by atoms with Crippen molar-refractivity contribution >= 4 is 5.91 Å². The number of hydrogen-bond acceptors (Lipinski definition) is 3. The molecule has 1 rings (SSSR count). The van der Waals surface area contributed by atoms with Crippen LogP contribution in [0.25, 0.3) is 0 Å². The van der Waals surface area contributed by atoms with Gasteiger partial charge in [-0.1, -0.05) is 6.07 Å². The first-order valence-electron chi connectivity index (χ1n) is 7.13. The van der Waals surface area contributed by atoms with E-state index in [1.54, 1.807) is 6.92 Å². The minimum absolute atomic E-state index is 0.0966. The molecule has 112 valence electrons. The summed E-state index contributed by atoms with van der Waals surface area (Å²) >= 11 is 0. The summed E-state index contributed by atoms with van der Waals surface area (Å²) in [7, 11) is 0. The Morgan fingerprint density at radius 3 is 2.50 bits per heavy atom. The molecule has 4 heteroatoms. The molecule has 4 nitrogen and oxygen atoms in total. The van der Waals surface area contributed by atoms with Crippen molar-refractivity contribution < 1.29 is 14.3 Å². The Balaban J connectivity index is 2.37. The summed E-state index contributed by atoms with van der Waals surface area (Å²) in [6, 6.07) is 5.95. The summed E-state index contributed by atoms with van der Waals surface area (Å²) in [4.78, 5) is 11.9. The van der Waals surface area contributed by atoms with Gasteiger partial charge in [0.15, 0.2) is 6.10 Å². The average Bonchev–Trinajstić information content (AvgIpc) is 2.36. The van der Waals surface area contributed by atoms with Crippen LogP contribution in [0.1, 0.15) is 31.4 Å². The van der Waals surface area contributed by atoms with Crippen molar-refractivity contribution in [2.24, 2.45) is 0 Å². The van der Waals surface area contributed by atoms with E-state index < -0.39 is 6.10 Å². The van der Waals surface area contributed by atoms with Gasteiger partial charge in [-0.2, -0.15) is 0 Å². The minimum atomic E-state index is -0.497. The second-order valence-corrected chi connectivity index (χ2v) is 4.92. The maximum Gasteiger partial charge on any atom is 0.260 e. The van der Waals surface area contributed by atoms with Crippen LogP contribution in [0.2, 0.25) is 0 Å². The Morgan fingerprint density at radius 2 is 1.90 bits per heavy atom. The van der Waals surface area contributed by atoms with Gasteiger partial charge in [-0.15, -0.1) is 0 Å². The van der Waals surface area contributed by atoms with Gasteiger partial charge in [-0.05, 0) is 57.4 Å². The van der Waals surface area contributed by atoms with Crippen LogP contribution in [0.4, 0.5) is 0 Å². The van der Waals surface area contributed by atoms with E-state index in [2.05, 4.69) is 11.4 Å². The third-order valence-corrected chi connectivity index (χ3v) is 2.85. The number of carbonyl (C=O) groups excluding carboxylic acids is 1. The highest BCUT2D eigenvalue weighted by molar-refractivity contribution is 5.80. The molecule has 0 spiro atoms. The molecule has 1 N–H and O–H groups in total. The molecular formula is C16H25NO3. The van der Waals surface area contributed by atoms with Crippen LogP contribution in [-0.4, -0.2) is 31.8 Å². The summed E-state index contributed by atoms with van der Waals surface area (Å²) < 4.78 is 10.9. The van der Waals surface area contributed by atoms with Crippen molar-refractivity contribution in [3.63, 3.8) is 0 Å². The van der Waals surface area contributed by atoms with Crippen LogP contribution in [0.5, 0.6) is 5.75 Å². The molecule has 0 aliphatic heterocycles. The second-order valence-electron chi connectivity index (χ2n) is 4.92. The Hall–Kier alpha value is -1.55. The van der Waals surface area contributed by atoms with E-state index in [0.29, 0.717) is 19.8 Å². The number of benzene rings is 1. The van der Waals surface area contributed by atoms with Gasteiger partial charge in [0.1, 0.15) is 5.75 Å². The van der Waals surface area contributed by atoms with Gasteiger partial charge >= 0.3 is 0 Å². The predicted octanol–water partition coefficient (Wildman–Crippen LogP) is 2.61. The topological polar surface area (TPSA) is 47.6 Å². The van der Waals surface area contributed by atoms with Crippen molar-refractivity contribution in [2.45, 2.75) is 40.2 Å². The monoisotopic (exact) mass is 279 g/mol. The summed E-state index contributed by atoms with van der Waals surface area (Å²) in [6.45, 7) is 9.73. The third-order valence-electron chi connectivity index (χ3n) is 2.85. The molecule has 0 fully saturated rings. The molecule has 0 saturated heterocycles. The van der Waals surface area contributed by atoms with E-state index >= 15 is 0 Å². The average molecular weight is 279 g/mol. The van der Waals surface area contributed by atoms with Gasteiger partial charge in [0.05, 0.1) is 0 Å². The molecule has 0 unspecified atom stereocenters. The highest BCUT2D eigenvalue weighted by Crippen LogP contribution is 2.17. The highest BCUT2D eigenvalue weighted by atomic mass is 16.5. The van der Waals surface area contributed by atoms with E-state index in [1.165, 1.54) is 0 Å². The number of ether oxygens (including phenoxy) is 2. The van der Waals surface area contributed by atoms with E-state index in [4.69, 9.17) is 9.47 Å². The quantitative estimate of drug-likeness (QED) is 0.744. The zero-order chi connectivity index (χ0) is 15.0. The van der Waals surface area contributed by atoms with E-state index in [9.17, 15) is 4.79 Å². The Kier molecular flexibility index (Phi) is 7.09. The van der Waals surface area contributed by atoms with Crippen LogP contribution in [0, 0.1) is 13.8 Å². The molecule has 0 aromatic heterocycles. The maximum atomic E-state index is 11.9. The van der Waals surface area contributed by atoms with Crippen molar-refractivity contribution in [2.75, 3.05) is 19.8 Å². The predicted molar refractivity (Wildman–Crippen MR) is 80.1 cm³/mol. The first-order valence-corrected chi connectivity index (χ1v) is 7.13. The lowest BCUT2D eigenvalue weighted by Crippen LogP contribution is -2.37. The fraction of sp³-hybridized carbons (Fsp3) is 0.562. The van der Waals surface area contributed by atoms with Crippen molar-refractivity contribution in [3.8, 4) is 5.75 Å². The van der Waals surface area contributed by atoms with Crippen LogP contribution in [0.15, 0.2) is 18.2 Å². The normalized spacial score (nSPS) is 12.0.